The van der Waals surface area contributed by atoms with Crippen molar-refractivity contribution >= 4 is 5.57 Å². The summed E-state index contributed by atoms with van der Waals surface area (Å²) < 4.78 is 5.12. The van der Waals surface area contributed by atoms with Crippen molar-refractivity contribution in [3.8, 4) is 11.8 Å². The molecular weight excluding hydrogens is 212 g/mol. The highest BCUT2D eigenvalue weighted by molar-refractivity contribution is 5.79. The normalized spacial score (nSPS) is 17.8. The van der Waals surface area contributed by atoms with Crippen molar-refractivity contribution in [2.24, 2.45) is 0 Å². The smallest absolute Gasteiger partial charge is 0.118 e. The number of likely N-dealkylation sites (tertiary alicyclic amines) is 1. The van der Waals surface area contributed by atoms with Gasteiger partial charge in [-0.05, 0) is 42.7 Å². The number of rotatable bonds is 2. The first-order valence-electron chi connectivity index (χ1n) is 5.75. The molecule has 1 heterocycles. The van der Waals surface area contributed by atoms with E-state index in [0.29, 0.717) is 0 Å². The molecule has 0 radical (unpaired) electrons. The third kappa shape index (κ3) is 2.26. The first-order valence-corrected chi connectivity index (χ1v) is 5.75. The van der Waals surface area contributed by atoms with Gasteiger partial charge in [0.2, 0.25) is 0 Å². The Bertz CT molecular complexity index is 468. The van der Waals surface area contributed by atoms with Gasteiger partial charge in [0, 0.05) is 19.3 Å². The third-order valence-electron chi connectivity index (χ3n) is 3.15. The fourth-order valence-corrected chi connectivity index (χ4v) is 2.18. The average molecular weight is 228 g/mol. The predicted octanol–water partition coefficient (Wildman–Crippen LogP) is 2.66. The van der Waals surface area contributed by atoms with Crippen LogP contribution >= 0.6 is 0 Å². The maximum atomic E-state index is 9.32. The van der Waals surface area contributed by atoms with Crippen LogP contribution in [0.1, 0.15) is 18.4 Å². The highest BCUT2D eigenvalue weighted by atomic mass is 16.5. The van der Waals surface area contributed by atoms with Crippen molar-refractivity contribution in [3.05, 3.63) is 35.5 Å². The van der Waals surface area contributed by atoms with E-state index in [1.807, 2.05) is 31.3 Å². The second kappa shape index (κ2) is 4.92. The number of nitrogens with zero attached hydrogens (tertiary/aromatic N) is 2. The first-order chi connectivity index (χ1) is 8.26. The third-order valence-corrected chi connectivity index (χ3v) is 3.15. The molecule has 0 unspecified atom stereocenters. The Morgan fingerprint density at radius 1 is 1.35 bits per heavy atom. The standard InChI is InChI=1S/C14H16N2O/c1-16-9-3-4-14(16)13(10-15)11-5-7-12(17-2)8-6-11/h5-8H,3-4,9H2,1-2H3. The van der Waals surface area contributed by atoms with Crippen LogP contribution in [0, 0.1) is 11.3 Å². The van der Waals surface area contributed by atoms with Crippen molar-refractivity contribution in [1.82, 2.24) is 4.90 Å². The Morgan fingerprint density at radius 3 is 2.53 bits per heavy atom. The van der Waals surface area contributed by atoms with E-state index in [1.54, 1.807) is 7.11 Å². The maximum absolute atomic E-state index is 9.32. The minimum absolute atomic E-state index is 0.785. The van der Waals surface area contributed by atoms with Gasteiger partial charge in [-0.3, -0.25) is 0 Å². The number of benzene rings is 1. The van der Waals surface area contributed by atoms with E-state index in [-0.39, 0.29) is 0 Å². The van der Waals surface area contributed by atoms with Crippen LogP contribution in [0.15, 0.2) is 30.0 Å². The van der Waals surface area contributed by atoms with Crippen molar-refractivity contribution in [2.75, 3.05) is 20.7 Å². The van der Waals surface area contributed by atoms with Crippen LogP contribution < -0.4 is 4.74 Å². The van der Waals surface area contributed by atoms with E-state index in [0.717, 1.165) is 42.0 Å². The van der Waals surface area contributed by atoms with E-state index in [1.165, 1.54) is 0 Å². The Balaban J connectivity index is 2.39. The molecule has 1 fully saturated rings. The molecule has 0 atom stereocenters. The zero-order chi connectivity index (χ0) is 12.3. The van der Waals surface area contributed by atoms with Crippen LogP contribution in [0.2, 0.25) is 0 Å². The molecule has 1 aromatic carbocycles. The summed E-state index contributed by atoms with van der Waals surface area (Å²) in [7, 11) is 3.69. The second-order valence-electron chi connectivity index (χ2n) is 4.19. The van der Waals surface area contributed by atoms with Crippen molar-refractivity contribution in [2.45, 2.75) is 12.8 Å². The second-order valence-corrected chi connectivity index (χ2v) is 4.19. The topological polar surface area (TPSA) is 36.3 Å². The molecule has 0 saturated carbocycles. The van der Waals surface area contributed by atoms with E-state index in [2.05, 4.69) is 11.0 Å². The number of nitriles is 1. The van der Waals surface area contributed by atoms with Crippen LogP contribution in [-0.4, -0.2) is 25.6 Å². The van der Waals surface area contributed by atoms with Gasteiger partial charge in [-0.15, -0.1) is 0 Å². The lowest BCUT2D eigenvalue weighted by molar-refractivity contribution is 0.415. The molecule has 0 aromatic heterocycles. The summed E-state index contributed by atoms with van der Waals surface area (Å²) in [5.41, 5.74) is 2.90. The molecule has 1 aliphatic heterocycles. The summed E-state index contributed by atoms with van der Waals surface area (Å²) in [6.45, 7) is 1.04. The number of methoxy groups -OCH3 is 1. The van der Waals surface area contributed by atoms with E-state index >= 15 is 0 Å². The number of ether oxygens (including phenoxy) is 1. The summed E-state index contributed by atoms with van der Waals surface area (Å²) >= 11 is 0. The summed E-state index contributed by atoms with van der Waals surface area (Å²) in [6, 6.07) is 9.99. The number of hydrogen-bond acceptors (Lipinski definition) is 3. The van der Waals surface area contributed by atoms with Crippen molar-refractivity contribution in [3.63, 3.8) is 0 Å². The lowest BCUT2D eigenvalue weighted by Crippen LogP contribution is -2.11. The molecule has 0 amide bonds. The van der Waals surface area contributed by atoms with Gasteiger partial charge in [-0.1, -0.05) is 0 Å². The lowest BCUT2D eigenvalue weighted by atomic mass is 10.0. The SMILES string of the molecule is COc1ccc(C(C#N)=C2CCCN2C)cc1. The van der Waals surface area contributed by atoms with E-state index in [4.69, 9.17) is 4.74 Å². The Morgan fingerprint density at radius 2 is 2.06 bits per heavy atom. The quantitative estimate of drug-likeness (QED) is 0.730. The molecule has 3 nitrogen and oxygen atoms in total. The largest absolute Gasteiger partial charge is 0.497 e. The molecule has 3 heteroatoms. The minimum atomic E-state index is 0.785. The molecule has 1 aromatic rings. The molecule has 2 rings (SSSR count). The van der Waals surface area contributed by atoms with Gasteiger partial charge in [-0.25, -0.2) is 0 Å². The fourth-order valence-electron chi connectivity index (χ4n) is 2.18. The Labute approximate surface area is 102 Å². The molecule has 0 aliphatic carbocycles. The van der Waals surface area contributed by atoms with Gasteiger partial charge >= 0.3 is 0 Å². The molecule has 1 saturated heterocycles. The molecule has 0 N–H and O–H groups in total. The maximum Gasteiger partial charge on any atom is 0.118 e. The predicted molar refractivity (Wildman–Crippen MR) is 67.4 cm³/mol. The van der Waals surface area contributed by atoms with Gasteiger partial charge < -0.3 is 9.64 Å². The molecule has 17 heavy (non-hydrogen) atoms. The minimum Gasteiger partial charge on any atom is -0.497 e. The van der Waals surface area contributed by atoms with Gasteiger partial charge in [0.25, 0.3) is 0 Å². The lowest BCUT2D eigenvalue weighted by Gasteiger charge is -2.15. The molecular formula is C14H16N2O. The number of hydrogen-bond donors (Lipinski definition) is 0. The van der Waals surface area contributed by atoms with E-state index in [9.17, 15) is 5.26 Å². The van der Waals surface area contributed by atoms with Crippen LogP contribution in [0.3, 0.4) is 0 Å². The van der Waals surface area contributed by atoms with E-state index < -0.39 is 0 Å². The summed E-state index contributed by atoms with van der Waals surface area (Å²) in [5.74, 6) is 0.816. The molecule has 0 spiro atoms. The number of allylic oxidation sites excluding steroid dienone is 2. The fraction of sp³-hybridized carbons (Fsp3) is 0.357. The van der Waals surface area contributed by atoms with Crippen LogP contribution in [0.5, 0.6) is 5.75 Å². The monoisotopic (exact) mass is 228 g/mol. The summed E-state index contributed by atoms with van der Waals surface area (Å²) in [4.78, 5) is 2.17. The van der Waals surface area contributed by atoms with Crippen LogP contribution in [-0.2, 0) is 0 Å². The van der Waals surface area contributed by atoms with Crippen molar-refractivity contribution in [1.29, 1.82) is 5.26 Å². The summed E-state index contributed by atoms with van der Waals surface area (Å²) in [5, 5.41) is 9.32. The zero-order valence-electron chi connectivity index (χ0n) is 10.2. The Kier molecular flexibility index (Phi) is 3.34. The summed E-state index contributed by atoms with van der Waals surface area (Å²) in [6.07, 6.45) is 2.12. The highest BCUT2D eigenvalue weighted by Crippen LogP contribution is 2.28. The first kappa shape index (κ1) is 11.5. The van der Waals surface area contributed by atoms with Gasteiger partial charge in [-0.2, -0.15) is 5.26 Å². The Hall–Kier alpha value is -1.95. The van der Waals surface area contributed by atoms with Gasteiger partial charge in [0.15, 0.2) is 0 Å². The van der Waals surface area contributed by atoms with Crippen LogP contribution in [0.4, 0.5) is 0 Å². The zero-order valence-corrected chi connectivity index (χ0v) is 10.2. The van der Waals surface area contributed by atoms with Crippen molar-refractivity contribution < 1.29 is 4.74 Å². The average Bonchev–Trinajstić information content (AvgIpc) is 2.78. The molecule has 0 bridgehead atoms. The highest BCUT2D eigenvalue weighted by Gasteiger charge is 2.18. The van der Waals surface area contributed by atoms with Crippen LogP contribution in [0.25, 0.3) is 5.57 Å². The molecule has 88 valence electrons. The molecule has 1 aliphatic rings. The van der Waals surface area contributed by atoms with Gasteiger partial charge in [0.05, 0.1) is 12.7 Å². The van der Waals surface area contributed by atoms with Gasteiger partial charge in [0.1, 0.15) is 11.8 Å².